The van der Waals surface area contributed by atoms with Gasteiger partial charge in [-0.1, -0.05) is 0 Å². The highest BCUT2D eigenvalue weighted by Gasteiger charge is 2.34. The lowest BCUT2D eigenvalue weighted by Gasteiger charge is -2.36. The van der Waals surface area contributed by atoms with Crippen molar-refractivity contribution in [2.24, 2.45) is 0 Å². The molecular weight excluding hydrogens is 361 g/mol. The Labute approximate surface area is 162 Å². The number of piperazine rings is 1. The van der Waals surface area contributed by atoms with E-state index in [0.29, 0.717) is 37.4 Å². The summed E-state index contributed by atoms with van der Waals surface area (Å²) in [7, 11) is 0. The molecule has 7 nitrogen and oxygen atoms in total. The molecule has 2 amide bonds. The maximum Gasteiger partial charge on any atom is 0.232 e. The monoisotopic (exact) mass is 383 g/mol. The first-order chi connectivity index (χ1) is 13.4. The molecule has 0 aliphatic carbocycles. The highest BCUT2D eigenvalue weighted by molar-refractivity contribution is 6.04. The number of amides is 2. The summed E-state index contributed by atoms with van der Waals surface area (Å²) >= 11 is 0. The average molecular weight is 383 g/mol. The van der Waals surface area contributed by atoms with E-state index in [1.807, 2.05) is 13.8 Å². The Morgan fingerprint density at radius 1 is 1.25 bits per heavy atom. The summed E-state index contributed by atoms with van der Waals surface area (Å²) in [5.74, 6) is -0.536. The Bertz CT molecular complexity index is 940. The number of halogens is 1. The number of carbonyl (C=O) groups is 2. The van der Waals surface area contributed by atoms with Crippen LogP contribution in [0.25, 0.3) is 0 Å². The highest BCUT2D eigenvalue weighted by atomic mass is 19.1. The van der Waals surface area contributed by atoms with Gasteiger partial charge in [0.25, 0.3) is 0 Å². The van der Waals surface area contributed by atoms with Gasteiger partial charge in [0.2, 0.25) is 11.8 Å². The molecule has 28 heavy (non-hydrogen) atoms. The second-order valence-corrected chi connectivity index (χ2v) is 7.27. The molecule has 3 heterocycles. The molecule has 1 fully saturated rings. The molecule has 8 heteroatoms. The number of carbonyl (C=O) groups excluding carboxylic acids is 2. The second-order valence-electron chi connectivity index (χ2n) is 7.27. The van der Waals surface area contributed by atoms with E-state index < -0.39 is 11.7 Å². The van der Waals surface area contributed by atoms with Crippen molar-refractivity contribution in [3.05, 3.63) is 47.2 Å². The van der Waals surface area contributed by atoms with Crippen LogP contribution >= 0.6 is 0 Å². The van der Waals surface area contributed by atoms with Crippen LogP contribution in [0.3, 0.4) is 0 Å². The van der Waals surface area contributed by atoms with Crippen LogP contribution in [0.15, 0.2) is 24.4 Å². The molecule has 2 aromatic rings. The first-order valence-corrected chi connectivity index (χ1v) is 9.35. The van der Waals surface area contributed by atoms with Gasteiger partial charge in [-0.3, -0.25) is 14.6 Å². The first kappa shape index (κ1) is 18.3. The number of rotatable bonds is 3. The minimum absolute atomic E-state index is 0.0472. The largest absolute Gasteiger partial charge is 0.352 e. The van der Waals surface area contributed by atoms with Crippen molar-refractivity contribution >= 4 is 23.3 Å². The minimum atomic E-state index is -0.638. The number of benzene rings is 1. The zero-order chi connectivity index (χ0) is 19.8. The van der Waals surface area contributed by atoms with Gasteiger partial charge in [0, 0.05) is 44.5 Å². The van der Waals surface area contributed by atoms with Crippen LogP contribution in [-0.4, -0.2) is 52.9 Å². The quantitative estimate of drug-likeness (QED) is 0.877. The molecule has 1 aromatic carbocycles. The summed E-state index contributed by atoms with van der Waals surface area (Å²) in [6.45, 7) is 6.26. The molecule has 1 unspecified atom stereocenters. The summed E-state index contributed by atoms with van der Waals surface area (Å²) in [6, 6.07) is 4.18. The average Bonchev–Trinajstić information content (AvgIpc) is 2.98. The van der Waals surface area contributed by atoms with Crippen molar-refractivity contribution in [2.45, 2.75) is 26.2 Å². The molecule has 1 atom stereocenters. The van der Waals surface area contributed by atoms with Crippen molar-refractivity contribution < 1.29 is 14.0 Å². The van der Waals surface area contributed by atoms with Gasteiger partial charge in [-0.15, -0.1) is 0 Å². The Balaban J connectivity index is 1.41. The van der Waals surface area contributed by atoms with Gasteiger partial charge < -0.3 is 15.1 Å². The van der Waals surface area contributed by atoms with Crippen molar-refractivity contribution in [2.75, 3.05) is 36.4 Å². The van der Waals surface area contributed by atoms with Crippen molar-refractivity contribution in [3.8, 4) is 0 Å². The Hall–Kier alpha value is -3.03. The number of nitrogens with zero attached hydrogens (tertiary/aromatic N) is 4. The highest BCUT2D eigenvalue weighted by Crippen LogP contribution is 2.35. The van der Waals surface area contributed by atoms with Crippen LogP contribution in [0.2, 0.25) is 0 Å². The van der Waals surface area contributed by atoms with E-state index in [4.69, 9.17) is 0 Å². The lowest BCUT2D eigenvalue weighted by atomic mass is 9.96. The van der Waals surface area contributed by atoms with Crippen LogP contribution in [0.5, 0.6) is 0 Å². The smallest absolute Gasteiger partial charge is 0.232 e. The summed E-state index contributed by atoms with van der Waals surface area (Å²) in [5, 5.41) is 2.72. The van der Waals surface area contributed by atoms with E-state index in [-0.39, 0.29) is 18.2 Å². The number of fused-ring (bicyclic) bond motifs is 1. The number of hydrogen-bond donors (Lipinski definition) is 1. The molecule has 0 saturated carbocycles. The summed E-state index contributed by atoms with van der Waals surface area (Å²) in [5.41, 5.74) is 2.87. The molecule has 0 bridgehead atoms. The third-order valence-electron chi connectivity index (χ3n) is 5.32. The van der Waals surface area contributed by atoms with Crippen LogP contribution < -0.4 is 10.2 Å². The van der Waals surface area contributed by atoms with Gasteiger partial charge in [-0.05, 0) is 37.6 Å². The predicted molar refractivity (Wildman–Crippen MR) is 103 cm³/mol. The van der Waals surface area contributed by atoms with Gasteiger partial charge in [-0.2, -0.15) is 0 Å². The standard InChI is InChI=1S/C20H22FN5O2/c1-12-11-22-13(2)19(23-12)26-7-5-25(6-8-26)18(27)10-16-15-9-14(21)3-4-17(15)24-20(16)28/h3-4,9,11,16H,5-8,10H2,1-2H3,(H,24,28). The van der Waals surface area contributed by atoms with Crippen molar-refractivity contribution in [3.63, 3.8) is 0 Å². The first-order valence-electron chi connectivity index (χ1n) is 9.35. The normalized spacial score (nSPS) is 18.8. The van der Waals surface area contributed by atoms with E-state index in [1.54, 1.807) is 11.1 Å². The lowest BCUT2D eigenvalue weighted by Crippen LogP contribution is -2.49. The van der Waals surface area contributed by atoms with Crippen LogP contribution in [0, 0.1) is 19.7 Å². The molecule has 0 radical (unpaired) electrons. The number of aryl methyl sites for hydroxylation is 2. The Kier molecular flexibility index (Phi) is 4.70. The van der Waals surface area contributed by atoms with E-state index in [9.17, 15) is 14.0 Å². The zero-order valence-corrected chi connectivity index (χ0v) is 15.9. The third-order valence-corrected chi connectivity index (χ3v) is 5.32. The fourth-order valence-electron chi connectivity index (χ4n) is 3.80. The maximum absolute atomic E-state index is 13.6. The van der Waals surface area contributed by atoms with Gasteiger partial charge >= 0.3 is 0 Å². The number of aromatic nitrogens is 2. The minimum Gasteiger partial charge on any atom is -0.352 e. The van der Waals surface area contributed by atoms with Crippen LogP contribution in [0.1, 0.15) is 29.3 Å². The second kappa shape index (κ2) is 7.18. The Morgan fingerprint density at radius 3 is 2.75 bits per heavy atom. The van der Waals surface area contributed by atoms with Crippen LogP contribution in [0.4, 0.5) is 15.9 Å². The molecule has 1 saturated heterocycles. The summed E-state index contributed by atoms with van der Waals surface area (Å²) in [6.07, 6.45) is 1.79. The third kappa shape index (κ3) is 3.42. The SMILES string of the molecule is Cc1cnc(C)c(N2CCN(C(=O)CC3C(=O)Nc4ccc(F)cc43)CC2)n1. The lowest BCUT2D eigenvalue weighted by molar-refractivity contribution is -0.133. The fourth-order valence-corrected chi connectivity index (χ4v) is 3.80. The van der Waals surface area contributed by atoms with Gasteiger partial charge in [0.05, 0.1) is 17.3 Å². The zero-order valence-electron chi connectivity index (χ0n) is 15.9. The molecule has 0 spiro atoms. The summed E-state index contributed by atoms with van der Waals surface area (Å²) in [4.78, 5) is 37.8. The molecule has 2 aliphatic rings. The Morgan fingerprint density at radius 2 is 2.00 bits per heavy atom. The molecular formula is C20H22FN5O2. The maximum atomic E-state index is 13.6. The molecule has 1 N–H and O–H groups in total. The van der Waals surface area contributed by atoms with Crippen molar-refractivity contribution in [1.29, 1.82) is 0 Å². The van der Waals surface area contributed by atoms with Crippen molar-refractivity contribution in [1.82, 2.24) is 14.9 Å². The van der Waals surface area contributed by atoms with Gasteiger partial charge in [0.15, 0.2) is 0 Å². The molecule has 1 aromatic heterocycles. The van der Waals surface area contributed by atoms with Gasteiger partial charge in [-0.25, -0.2) is 9.37 Å². The number of nitrogens with one attached hydrogen (secondary N) is 1. The van der Waals surface area contributed by atoms with E-state index in [2.05, 4.69) is 20.2 Å². The molecule has 2 aliphatic heterocycles. The fraction of sp³-hybridized carbons (Fsp3) is 0.400. The van der Waals surface area contributed by atoms with Gasteiger partial charge in [0.1, 0.15) is 11.6 Å². The topological polar surface area (TPSA) is 78.4 Å². The van der Waals surface area contributed by atoms with Crippen LogP contribution in [-0.2, 0) is 9.59 Å². The number of anilines is 2. The van der Waals surface area contributed by atoms with E-state index >= 15 is 0 Å². The summed E-state index contributed by atoms with van der Waals surface area (Å²) < 4.78 is 13.6. The number of hydrogen-bond acceptors (Lipinski definition) is 5. The molecule has 146 valence electrons. The van der Waals surface area contributed by atoms with E-state index in [1.165, 1.54) is 18.2 Å². The molecule has 4 rings (SSSR count). The van der Waals surface area contributed by atoms with E-state index in [0.717, 1.165) is 17.2 Å². The predicted octanol–water partition coefficient (Wildman–Crippen LogP) is 2.01.